The molecule has 1 aromatic rings. The third kappa shape index (κ3) is 2.51. The van der Waals surface area contributed by atoms with Gasteiger partial charge in [-0.05, 0) is 55.7 Å². The van der Waals surface area contributed by atoms with Crippen LogP contribution in [-0.2, 0) is 4.74 Å². The summed E-state index contributed by atoms with van der Waals surface area (Å²) < 4.78 is 19.1. The second kappa shape index (κ2) is 5.04. The normalized spacial score (nSPS) is 27.0. The fourth-order valence-electron chi connectivity index (χ4n) is 3.28. The Labute approximate surface area is 118 Å². The first-order valence-corrected chi connectivity index (χ1v) is 7.32. The molecule has 1 spiro atoms. The zero-order chi connectivity index (χ0) is 13.5. The summed E-state index contributed by atoms with van der Waals surface area (Å²) in [5.74, 6) is 0.00985. The molecule has 2 atom stereocenters. The van der Waals surface area contributed by atoms with Gasteiger partial charge in [0.25, 0.3) is 0 Å². The SMILES string of the molecule is NC(c1ccc(F)c(Cl)c1)C1CCOC2(CCC2)C1. The molecule has 2 N–H and O–H groups in total. The van der Waals surface area contributed by atoms with Crippen molar-refractivity contribution in [2.75, 3.05) is 6.61 Å². The number of nitrogens with two attached hydrogens (primary N) is 1. The summed E-state index contributed by atoms with van der Waals surface area (Å²) in [7, 11) is 0. The minimum Gasteiger partial charge on any atom is -0.375 e. The predicted octanol–water partition coefficient (Wildman–Crippen LogP) is 3.83. The van der Waals surface area contributed by atoms with Crippen molar-refractivity contribution in [1.29, 1.82) is 0 Å². The standard InChI is InChI=1S/C15H19ClFNO/c16-12-8-10(2-3-13(12)17)14(18)11-4-7-19-15(9-11)5-1-6-15/h2-3,8,11,14H,1,4-7,9,18H2. The van der Waals surface area contributed by atoms with Crippen LogP contribution in [0.5, 0.6) is 0 Å². The zero-order valence-electron chi connectivity index (χ0n) is 10.9. The third-order valence-corrected chi connectivity index (χ3v) is 4.92. The fourth-order valence-corrected chi connectivity index (χ4v) is 3.47. The minimum absolute atomic E-state index is 0.0838. The molecule has 2 unspecified atom stereocenters. The molecule has 0 bridgehead atoms. The van der Waals surface area contributed by atoms with E-state index in [2.05, 4.69) is 0 Å². The van der Waals surface area contributed by atoms with Crippen molar-refractivity contribution in [3.63, 3.8) is 0 Å². The highest BCUT2D eigenvalue weighted by Gasteiger charge is 2.43. The van der Waals surface area contributed by atoms with Gasteiger partial charge in [0, 0.05) is 12.6 Å². The molecule has 3 rings (SSSR count). The van der Waals surface area contributed by atoms with E-state index in [0.717, 1.165) is 37.9 Å². The van der Waals surface area contributed by atoms with Crippen LogP contribution >= 0.6 is 11.6 Å². The van der Waals surface area contributed by atoms with Crippen molar-refractivity contribution in [1.82, 2.24) is 0 Å². The van der Waals surface area contributed by atoms with Crippen LogP contribution in [0.2, 0.25) is 5.02 Å². The maximum Gasteiger partial charge on any atom is 0.141 e. The van der Waals surface area contributed by atoms with E-state index in [9.17, 15) is 4.39 Å². The van der Waals surface area contributed by atoms with Crippen molar-refractivity contribution >= 4 is 11.6 Å². The maximum absolute atomic E-state index is 13.2. The molecule has 0 amide bonds. The molecule has 1 saturated heterocycles. The van der Waals surface area contributed by atoms with Crippen LogP contribution in [0.15, 0.2) is 18.2 Å². The summed E-state index contributed by atoms with van der Waals surface area (Å²) in [6, 6.07) is 4.72. The largest absolute Gasteiger partial charge is 0.375 e. The van der Waals surface area contributed by atoms with E-state index in [-0.39, 0.29) is 22.5 Å². The molecule has 1 saturated carbocycles. The van der Waals surface area contributed by atoms with Crippen LogP contribution in [0, 0.1) is 11.7 Å². The highest BCUT2D eigenvalue weighted by molar-refractivity contribution is 6.30. The van der Waals surface area contributed by atoms with Gasteiger partial charge < -0.3 is 10.5 Å². The average molecular weight is 284 g/mol. The molecule has 1 heterocycles. The van der Waals surface area contributed by atoms with Gasteiger partial charge in [0.15, 0.2) is 0 Å². The average Bonchev–Trinajstić information content (AvgIpc) is 2.39. The monoisotopic (exact) mass is 283 g/mol. The van der Waals surface area contributed by atoms with Gasteiger partial charge in [-0.2, -0.15) is 0 Å². The van der Waals surface area contributed by atoms with E-state index in [1.54, 1.807) is 12.1 Å². The topological polar surface area (TPSA) is 35.2 Å². The highest BCUT2D eigenvalue weighted by Crippen LogP contribution is 2.46. The quantitative estimate of drug-likeness (QED) is 0.895. The molecule has 104 valence electrons. The Morgan fingerprint density at radius 1 is 1.42 bits per heavy atom. The molecule has 2 fully saturated rings. The number of ether oxygens (including phenoxy) is 1. The molecule has 19 heavy (non-hydrogen) atoms. The third-order valence-electron chi connectivity index (χ3n) is 4.63. The second-order valence-electron chi connectivity index (χ2n) is 5.84. The number of rotatable bonds is 2. The van der Waals surface area contributed by atoms with Gasteiger partial charge in [-0.3, -0.25) is 0 Å². The number of hydrogen-bond acceptors (Lipinski definition) is 2. The van der Waals surface area contributed by atoms with E-state index in [0.29, 0.717) is 5.92 Å². The smallest absolute Gasteiger partial charge is 0.141 e. The Morgan fingerprint density at radius 2 is 2.21 bits per heavy atom. The van der Waals surface area contributed by atoms with Crippen molar-refractivity contribution < 1.29 is 9.13 Å². The van der Waals surface area contributed by atoms with Crippen LogP contribution in [0.3, 0.4) is 0 Å². The van der Waals surface area contributed by atoms with Crippen LogP contribution in [-0.4, -0.2) is 12.2 Å². The lowest BCUT2D eigenvalue weighted by Crippen LogP contribution is -2.47. The van der Waals surface area contributed by atoms with E-state index >= 15 is 0 Å². The van der Waals surface area contributed by atoms with E-state index < -0.39 is 0 Å². The molecule has 2 nitrogen and oxygen atoms in total. The van der Waals surface area contributed by atoms with Gasteiger partial charge in [0.2, 0.25) is 0 Å². The molecular weight excluding hydrogens is 265 g/mol. The summed E-state index contributed by atoms with van der Waals surface area (Å²) in [6.45, 7) is 0.785. The minimum atomic E-state index is -0.389. The first-order valence-electron chi connectivity index (χ1n) is 6.94. The Bertz CT molecular complexity index is 475. The first-order chi connectivity index (χ1) is 9.10. The van der Waals surface area contributed by atoms with Crippen molar-refractivity contribution in [2.45, 2.75) is 43.7 Å². The molecule has 0 radical (unpaired) electrons. The summed E-state index contributed by atoms with van der Waals surface area (Å²) >= 11 is 5.84. The summed E-state index contributed by atoms with van der Waals surface area (Å²) in [4.78, 5) is 0. The molecule has 1 aliphatic heterocycles. The van der Waals surface area contributed by atoms with Crippen LogP contribution < -0.4 is 5.73 Å². The Kier molecular flexibility index (Phi) is 3.54. The predicted molar refractivity (Wildman–Crippen MR) is 73.6 cm³/mol. The van der Waals surface area contributed by atoms with Gasteiger partial charge in [-0.1, -0.05) is 17.7 Å². The van der Waals surface area contributed by atoms with Gasteiger partial charge in [0.1, 0.15) is 5.82 Å². The van der Waals surface area contributed by atoms with Gasteiger partial charge >= 0.3 is 0 Å². The summed E-state index contributed by atoms with van der Waals surface area (Å²) in [5.41, 5.74) is 7.36. The maximum atomic E-state index is 13.2. The van der Waals surface area contributed by atoms with Crippen molar-refractivity contribution in [3.05, 3.63) is 34.6 Å². The number of benzene rings is 1. The lowest BCUT2D eigenvalue weighted by molar-refractivity contribution is -0.146. The lowest BCUT2D eigenvalue weighted by Gasteiger charge is -2.48. The highest BCUT2D eigenvalue weighted by atomic mass is 35.5. The zero-order valence-corrected chi connectivity index (χ0v) is 11.6. The van der Waals surface area contributed by atoms with Crippen molar-refractivity contribution in [3.8, 4) is 0 Å². The molecular formula is C15H19ClFNO. The fraction of sp³-hybridized carbons (Fsp3) is 0.600. The number of halogens is 2. The molecule has 0 aromatic heterocycles. The molecule has 2 aliphatic rings. The van der Waals surface area contributed by atoms with Crippen LogP contribution in [0.25, 0.3) is 0 Å². The number of hydrogen-bond donors (Lipinski definition) is 1. The van der Waals surface area contributed by atoms with Gasteiger partial charge in [-0.25, -0.2) is 4.39 Å². The van der Waals surface area contributed by atoms with E-state index in [1.165, 1.54) is 12.5 Å². The van der Waals surface area contributed by atoms with E-state index in [1.807, 2.05) is 0 Å². The molecule has 4 heteroatoms. The van der Waals surface area contributed by atoms with Gasteiger partial charge in [-0.15, -0.1) is 0 Å². The van der Waals surface area contributed by atoms with Gasteiger partial charge in [0.05, 0.1) is 10.6 Å². The summed E-state index contributed by atoms with van der Waals surface area (Å²) in [5, 5.41) is 0.151. The lowest BCUT2D eigenvalue weighted by atomic mass is 9.70. The summed E-state index contributed by atoms with van der Waals surface area (Å²) in [6.07, 6.45) is 5.55. The Morgan fingerprint density at radius 3 is 2.84 bits per heavy atom. The Hall–Kier alpha value is -0.640. The van der Waals surface area contributed by atoms with E-state index in [4.69, 9.17) is 22.1 Å². The molecule has 1 aliphatic carbocycles. The second-order valence-corrected chi connectivity index (χ2v) is 6.24. The Balaban J connectivity index is 1.75. The molecule has 1 aromatic carbocycles. The van der Waals surface area contributed by atoms with Crippen LogP contribution in [0.1, 0.15) is 43.7 Å². The van der Waals surface area contributed by atoms with Crippen LogP contribution in [0.4, 0.5) is 4.39 Å². The first kappa shape index (κ1) is 13.3. The van der Waals surface area contributed by atoms with Crippen molar-refractivity contribution in [2.24, 2.45) is 11.7 Å².